The minimum atomic E-state index is -0.519. The van der Waals surface area contributed by atoms with E-state index in [2.05, 4.69) is 19.7 Å². The minimum Gasteiger partial charge on any atom is -0.466 e. The summed E-state index contributed by atoms with van der Waals surface area (Å²) in [6.07, 6.45) is 3.15. The van der Waals surface area contributed by atoms with Crippen molar-refractivity contribution in [3.05, 3.63) is 30.1 Å². The summed E-state index contributed by atoms with van der Waals surface area (Å²) in [5.74, 6) is -0.519. The summed E-state index contributed by atoms with van der Waals surface area (Å²) in [5.41, 5.74) is 0.615. The van der Waals surface area contributed by atoms with E-state index in [1.54, 1.807) is 18.3 Å². The van der Waals surface area contributed by atoms with Crippen molar-refractivity contribution < 1.29 is 14.4 Å². The van der Waals surface area contributed by atoms with Crippen LogP contribution in [0, 0.1) is 0 Å². The van der Waals surface area contributed by atoms with Gasteiger partial charge in [-0.2, -0.15) is 0 Å². The Hall–Kier alpha value is -1.62. The van der Waals surface area contributed by atoms with Crippen molar-refractivity contribution in [2.75, 3.05) is 13.7 Å². The summed E-state index contributed by atoms with van der Waals surface area (Å²) in [7, 11) is 1.26. The van der Waals surface area contributed by atoms with Gasteiger partial charge in [0.25, 0.3) is 0 Å². The maximum Gasteiger partial charge on any atom is 0.346 e. The number of carbonyl (C=O) groups is 1. The van der Waals surface area contributed by atoms with Crippen molar-refractivity contribution in [1.82, 2.24) is 4.98 Å². The second-order valence-corrected chi connectivity index (χ2v) is 2.83. The highest BCUT2D eigenvalue weighted by molar-refractivity contribution is 6.69. The van der Waals surface area contributed by atoms with Crippen LogP contribution in [-0.2, 0) is 14.4 Å². The minimum absolute atomic E-state index is 0.131. The van der Waals surface area contributed by atoms with E-state index >= 15 is 0 Å². The van der Waals surface area contributed by atoms with Gasteiger partial charge in [0, 0.05) is 18.0 Å². The molecule has 0 saturated heterocycles. The highest BCUT2D eigenvalue weighted by atomic mass is 35.5. The average molecular weight is 229 g/mol. The molecular weight excluding hydrogens is 220 g/mol. The Morgan fingerprint density at radius 3 is 3.07 bits per heavy atom. The molecule has 0 unspecified atom stereocenters. The van der Waals surface area contributed by atoms with Crippen LogP contribution in [0.15, 0.2) is 29.7 Å². The first-order valence-corrected chi connectivity index (χ1v) is 4.44. The zero-order valence-electron chi connectivity index (χ0n) is 8.01. The number of oxime groups is 1. The molecule has 5 nitrogen and oxygen atoms in total. The molecule has 0 aliphatic carbocycles. The fourth-order valence-electron chi connectivity index (χ4n) is 0.738. The second-order valence-electron chi connectivity index (χ2n) is 2.47. The number of carbonyl (C=O) groups excluding carboxylic acids is 1. The van der Waals surface area contributed by atoms with E-state index in [1.807, 2.05) is 0 Å². The topological polar surface area (TPSA) is 60.8 Å². The molecule has 1 aromatic heterocycles. The third kappa shape index (κ3) is 3.95. The molecule has 0 fully saturated rings. The summed E-state index contributed by atoms with van der Waals surface area (Å²) >= 11 is 5.77. The second kappa shape index (κ2) is 5.98. The smallest absolute Gasteiger partial charge is 0.346 e. The third-order valence-corrected chi connectivity index (χ3v) is 1.74. The maximum absolute atomic E-state index is 10.7. The lowest BCUT2D eigenvalue weighted by atomic mass is 10.3. The normalized spacial score (nSPS) is 10.9. The lowest BCUT2D eigenvalue weighted by Gasteiger charge is -1.99. The monoisotopic (exact) mass is 228 g/mol. The molecule has 0 atom stereocenters. The van der Waals surface area contributed by atoms with Crippen LogP contribution in [0.1, 0.15) is 5.56 Å². The Bertz CT molecular complexity index is 354. The Balaban J connectivity index is 2.50. The lowest BCUT2D eigenvalue weighted by molar-refractivity contribution is -0.145. The molecule has 6 heteroatoms. The number of esters is 1. The quantitative estimate of drug-likeness (QED) is 0.441. The predicted molar refractivity (Wildman–Crippen MR) is 54.6 cm³/mol. The zero-order chi connectivity index (χ0) is 11.1. The van der Waals surface area contributed by atoms with Crippen LogP contribution in [-0.4, -0.2) is 29.8 Å². The van der Waals surface area contributed by atoms with Crippen molar-refractivity contribution in [2.45, 2.75) is 0 Å². The number of hydrogen-bond acceptors (Lipinski definition) is 5. The molecule has 0 amide bonds. The van der Waals surface area contributed by atoms with Gasteiger partial charge in [0.05, 0.1) is 7.11 Å². The highest BCUT2D eigenvalue weighted by Crippen LogP contribution is 2.03. The summed E-state index contributed by atoms with van der Waals surface area (Å²) in [4.78, 5) is 19.2. The Morgan fingerprint density at radius 2 is 2.47 bits per heavy atom. The largest absolute Gasteiger partial charge is 0.466 e. The van der Waals surface area contributed by atoms with Gasteiger partial charge in [-0.25, -0.2) is 4.79 Å². The first-order chi connectivity index (χ1) is 7.24. The summed E-state index contributed by atoms with van der Waals surface area (Å²) in [6.45, 7) is -0.271. The number of nitrogens with zero attached hydrogens (tertiary/aromatic N) is 2. The number of pyridine rings is 1. The molecule has 0 radical (unpaired) electrons. The van der Waals surface area contributed by atoms with Crippen LogP contribution in [0.3, 0.4) is 0 Å². The van der Waals surface area contributed by atoms with Crippen molar-refractivity contribution in [1.29, 1.82) is 0 Å². The average Bonchev–Trinajstić information content (AvgIpc) is 2.29. The van der Waals surface area contributed by atoms with E-state index in [1.165, 1.54) is 13.3 Å². The van der Waals surface area contributed by atoms with E-state index < -0.39 is 5.97 Å². The number of methoxy groups -OCH3 is 1. The van der Waals surface area contributed by atoms with Crippen LogP contribution >= 0.6 is 11.6 Å². The zero-order valence-corrected chi connectivity index (χ0v) is 8.77. The van der Waals surface area contributed by atoms with Gasteiger partial charge < -0.3 is 9.57 Å². The van der Waals surface area contributed by atoms with Crippen molar-refractivity contribution in [2.24, 2.45) is 5.16 Å². The van der Waals surface area contributed by atoms with Crippen LogP contribution < -0.4 is 0 Å². The Labute approximate surface area is 91.7 Å². The van der Waals surface area contributed by atoms with Crippen LogP contribution in [0.25, 0.3) is 0 Å². The fraction of sp³-hybridized carbons (Fsp3) is 0.222. The first-order valence-electron chi connectivity index (χ1n) is 4.06. The predicted octanol–water partition coefficient (Wildman–Crippen LogP) is 1.17. The van der Waals surface area contributed by atoms with Crippen LogP contribution in [0.5, 0.6) is 0 Å². The molecule has 0 spiro atoms. The van der Waals surface area contributed by atoms with Gasteiger partial charge in [-0.15, -0.1) is 0 Å². The number of ether oxygens (including phenoxy) is 1. The number of aromatic nitrogens is 1. The summed E-state index contributed by atoms with van der Waals surface area (Å²) in [6, 6.07) is 3.44. The fourth-order valence-corrected chi connectivity index (χ4v) is 0.899. The standard InChI is InChI=1S/C9H9ClN2O3/c1-14-8(13)6-15-12-9(10)7-3-2-4-11-5-7/h2-5H,6H2,1H3. The lowest BCUT2D eigenvalue weighted by Crippen LogP contribution is -2.08. The van der Waals surface area contributed by atoms with E-state index in [0.29, 0.717) is 5.56 Å². The number of halogens is 1. The van der Waals surface area contributed by atoms with E-state index in [9.17, 15) is 4.79 Å². The van der Waals surface area contributed by atoms with Gasteiger partial charge in [0.1, 0.15) is 0 Å². The van der Waals surface area contributed by atoms with Crippen LogP contribution in [0.2, 0.25) is 0 Å². The van der Waals surface area contributed by atoms with Crippen LogP contribution in [0.4, 0.5) is 0 Å². The molecule has 80 valence electrons. The van der Waals surface area contributed by atoms with E-state index in [4.69, 9.17) is 11.6 Å². The molecule has 0 aromatic carbocycles. The molecule has 15 heavy (non-hydrogen) atoms. The molecule has 0 bridgehead atoms. The van der Waals surface area contributed by atoms with Gasteiger partial charge in [-0.3, -0.25) is 4.98 Å². The number of hydrogen-bond donors (Lipinski definition) is 0. The molecule has 1 heterocycles. The van der Waals surface area contributed by atoms with Crippen molar-refractivity contribution in [3.63, 3.8) is 0 Å². The summed E-state index contributed by atoms with van der Waals surface area (Å²) < 4.78 is 4.35. The van der Waals surface area contributed by atoms with Crippen molar-refractivity contribution in [3.8, 4) is 0 Å². The molecule has 0 saturated carbocycles. The maximum atomic E-state index is 10.7. The molecular formula is C9H9ClN2O3. The third-order valence-electron chi connectivity index (χ3n) is 1.45. The molecule has 0 aliphatic heterocycles. The van der Waals surface area contributed by atoms with Gasteiger partial charge in [-0.1, -0.05) is 16.8 Å². The highest BCUT2D eigenvalue weighted by Gasteiger charge is 2.02. The molecule has 0 aliphatic rings. The SMILES string of the molecule is COC(=O)CON=C(Cl)c1cccnc1. The van der Waals surface area contributed by atoms with Crippen molar-refractivity contribution >= 4 is 22.7 Å². The van der Waals surface area contributed by atoms with E-state index in [-0.39, 0.29) is 11.8 Å². The van der Waals surface area contributed by atoms with Gasteiger partial charge in [0.15, 0.2) is 5.17 Å². The molecule has 0 N–H and O–H groups in total. The van der Waals surface area contributed by atoms with Gasteiger partial charge in [-0.05, 0) is 12.1 Å². The van der Waals surface area contributed by atoms with Gasteiger partial charge in [0.2, 0.25) is 6.61 Å². The van der Waals surface area contributed by atoms with E-state index in [0.717, 1.165) is 0 Å². The summed E-state index contributed by atoms with van der Waals surface area (Å²) in [5, 5.41) is 3.66. The van der Waals surface area contributed by atoms with Gasteiger partial charge >= 0.3 is 5.97 Å². The molecule has 1 aromatic rings. The number of rotatable bonds is 4. The molecule has 1 rings (SSSR count). The Kier molecular flexibility index (Phi) is 4.56. The Morgan fingerprint density at radius 1 is 1.67 bits per heavy atom. The first kappa shape index (κ1) is 11.5.